The lowest BCUT2D eigenvalue weighted by Crippen LogP contribution is -2.51. The molecule has 0 aliphatic carbocycles. The van der Waals surface area contributed by atoms with Crippen molar-refractivity contribution in [1.82, 2.24) is 9.80 Å². The molecule has 1 saturated heterocycles. The summed E-state index contributed by atoms with van der Waals surface area (Å²) in [5, 5.41) is 3.00. The predicted octanol–water partition coefficient (Wildman–Crippen LogP) is 1.98. The Morgan fingerprint density at radius 2 is 1.80 bits per heavy atom. The van der Waals surface area contributed by atoms with Gasteiger partial charge in [-0.3, -0.25) is 9.69 Å². The van der Waals surface area contributed by atoms with E-state index < -0.39 is 0 Å². The minimum atomic E-state index is -0.0797. The summed E-state index contributed by atoms with van der Waals surface area (Å²) in [5.74, 6) is 0.0754. The highest BCUT2D eigenvalue weighted by molar-refractivity contribution is 7.98. The monoisotopic (exact) mass is 293 g/mol. The number of thioether (sulfide) groups is 1. The van der Waals surface area contributed by atoms with Gasteiger partial charge in [0.2, 0.25) is 5.91 Å². The van der Waals surface area contributed by atoms with E-state index in [2.05, 4.69) is 22.2 Å². The van der Waals surface area contributed by atoms with E-state index in [1.807, 2.05) is 37.4 Å². The van der Waals surface area contributed by atoms with E-state index in [1.165, 1.54) is 4.90 Å². The van der Waals surface area contributed by atoms with E-state index in [-0.39, 0.29) is 11.9 Å². The Morgan fingerprint density at radius 3 is 2.35 bits per heavy atom. The van der Waals surface area contributed by atoms with Crippen molar-refractivity contribution in [3.8, 4) is 0 Å². The Labute approximate surface area is 125 Å². The highest BCUT2D eigenvalue weighted by atomic mass is 32.2. The van der Waals surface area contributed by atoms with Gasteiger partial charge in [0.15, 0.2) is 0 Å². The number of anilines is 1. The number of likely N-dealkylation sites (N-methyl/N-ethyl adjacent to an activating group) is 1. The quantitative estimate of drug-likeness (QED) is 0.861. The molecular formula is C15H23N3OS. The van der Waals surface area contributed by atoms with Crippen LogP contribution in [0.1, 0.15) is 6.92 Å². The number of amides is 1. The SMILES string of the molecule is CSc1ccc(NC(=O)[C@@H](C)N2CCN(C)CC2)cc1. The first-order valence-electron chi connectivity index (χ1n) is 6.97. The van der Waals surface area contributed by atoms with Gasteiger partial charge >= 0.3 is 0 Å². The largest absolute Gasteiger partial charge is 0.325 e. The zero-order valence-electron chi connectivity index (χ0n) is 12.4. The van der Waals surface area contributed by atoms with Crippen LogP contribution in [0.15, 0.2) is 29.2 Å². The Kier molecular flexibility index (Phi) is 5.46. The third-order valence-electron chi connectivity index (χ3n) is 3.82. The summed E-state index contributed by atoms with van der Waals surface area (Å²) < 4.78 is 0. The lowest BCUT2D eigenvalue weighted by molar-refractivity contribution is -0.121. The van der Waals surface area contributed by atoms with Crippen LogP contribution in [-0.2, 0) is 4.79 Å². The molecule has 1 aromatic carbocycles. The molecule has 0 radical (unpaired) electrons. The van der Waals surface area contributed by atoms with Crippen molar-refractivity contribution < 1.29 is 4.79 Å². The van der Waals surface area contributed by atoms with Gasteiger partial charge in [0, 0.05) is 36.8 Å². The highest BCUT2D eigenvalue weighted by Crippen LogP contribution is 2.18. The number of hydrogen-bond acceptors (Lipinski definition) is 4. The molecule has 4 nitrogen and oxygen atoms in total. The second-order valence-corrected chi connectivity index (χ2v) is 6.11. The van der Waals surface area contributed by atoms with Gasteiger partial charge in [-0.15, -0.1) is 11.8 Å². The van der Waals surface area contributed by atoms with Crippen LogP contribution in [0.4, 0.5) is 5.69 Å². The van der Waals surface area contributed by atoms with Gasteiger partial charge in [0.1, 0.15) is 0 Å². The van der Waals surface area contributed by atoms with Crippen LogP contribution < -0.4 is 5.32 Å². The molecule has 1 N–H and O–H groups in total. The highest BCUT2D eigenvalue weighted by Gasteiger charge is 2.24. The molecule has 20 heavy (non-hydrogen) atoms. The van der Waals surface area contributed by atoms with Crippen molar-refractivity contribution >= 4 is 23.4 Å². The lowest BCUT2D eigenvalue weighted by Gasteiger charge is -2.35. The number of rotatable bonds is 4. The average Bonchev–Trinajstić information content (AvgIpc) is 2.48. The molecule has 1 aliphatic heterocycles. The summed E-state index contributed by atoms with van der Waals surface area (Å²) in [5.41, 5.74) is 0.869. The van der Waals surface area contributed by atoms with Gasteiger partial charge in [-0.1, -0.05) is 0 Å². The summed E-state index contributed by atoms with van der Waals surface area (Å²) in [4.78, 5) is 18.0. The normalized spacial score (nSPS) is 18.8. The molecule has 1 aliphatic rings. The Balaban J connectivity index is 1.89. The fourth-order valence-electron chi connectivity index (χ4n) is 2.30. The molecule has 0 unspecified atom stereocenters. The van der Waals surface area contributed by atoms with E-state index >= 15 is 0 Å². The van der Waals surface area contributed by atoms with Crippen LogP contribution in [0.3, 0.4) is 0 Å². The second-order valence-electron chi connectivity index (χ2n) is 5.23. The lowest BCUT2D eigenvalue weighted by atomic mass is 10.2. The van der Waals surface area contributed by atoms with Gasteiger partial charge in [0.25, 0.3) is 0 Å². The van der Waals surface area contributed by atoms with Crippen LogP contribution >= 0.6 is 11.8 Å². The standard InChI is InChI=1S/C15H23N3OS/c1-12(18-10-8-17(2)9-11-18)15(19)16-13-4-6-14(20-3)7-5-13/h4-7,12H,8-11H2,1-3H3,(H,16,19)/t12-/m1/s1. The molecule has 1 aromatic rings. The van der Waals surface area contributed by atoms with Gasteiger partial charge in [0.05, 0.1) is 6.04 Å². The molecule has 1 heterocycles. The molecule has 5 heteroatoms. The van der Waals surface area contributed by atoms with Gasteiger partial charge in [-0.25, -0.2) is 0 Å². The smallest absolute Gasteiger partial charge is 0.241 e. The minimum Gasteiger partial charge on any atom is -0.325 e. The summed E-state index contributed by atoms with van der Waals surface area (Å²) in [7, 11) is 2.12. The van der Waals surface area contributed by atoms with Crippen molar-refractivity contribution in [1.29, 1.82) is 0 Å². The molecule has 0 saturated carbocycles. The Morgan fingerprint density at radius 1 is 1.20 bits per heavy atom. The van der Waals surface area contributed by atoms with Crippen molar-refractivity contribution in [3.05, 3.63) is 24.3 Å². The number of hydrogen-bond donors (Lipinski definition) is 1. The molecule has 1 atom stereocenters. The molecule has 0 aromatic heterocycles. The third kappa shape index (κ3) is 3.98. The first kappa shape index (κ1) is 15.4. The fraction of sp³-hybridized carbons (Fsp3) is 0.533. The molecule has 110 valence electrons. The number of carbonyl (C=O) groups excluding carboxylic acids is 1. The minimum absolute atomic E-state index is 0.0754. The van der Waals surface area contributed by atoms with Crippen LogP contribution in [0.2, 0.25) is 0 Å². The number of carbonyl (C=O) groups is 1. The maximum Gasteiger partial charge on any atom is 0.241 e. The maximum absolute atomic E-state index is 12.3. The van der Waals surface area contributed by atoms with Gasteiger partial charge in [-0.2, -0.15) is 0 Å². The van der Waals surface area contributed by atoms with E-state index in [0.717, 1.165) is 31.9 Å². The van der Waals surface area contributed by atoms with Crippen molar-refractivity contribution in [3.63, 3.8) is 0 Å². The van der Waals surface area contributed by atoms with Crippen molar-refractivity contribution in [2.75, 3.05) is 44.8 Å². The molecule has 0 spiro atoms. The molecule has 2 rings (SSSR count). The predicted molar refractivity (Wildman–Crippen MR) is 85.4 cm³/mol. The van der Waals surface area contributed by atoms with E-state index in [4.69, 9.17) is 0 Å². The fourth-order valence-corrected chi connectivity index (χ4v) is 2.70. The molecular weight excluding hydrogens is 270 g/mol. The topological polar surface area (TPSA) is 35.6 Å². The molecule has 1 amide bonds. The zero-order chi connectivity index (χ0) is 14.5. The molecule has 0 bridgehead atoms. The number of nitrogens with one attached hydrogen (secondary N) is 1. The zero-order valence-corrected chi connectivity index (χ0v) is 13.2. The van der Waals surface area contributed by atoms with Crippen LogP contribution in [-0.4, -0.2) is 61.2 Å². The maximum atomic E-state index is 12.3. The van der Waals surface area contributed by atoms with E-state index in [0.29, 0.717) is 0 Å². The second kappa shape index (κ2) is 7.11. The van der Waals surface area contributed by atoms with Crippen LogP contribution in [0.5, 0.6) is 0 Å². The van der Waals surface area contributed by atoms with Gasteiger partial charge < -0.3 is 10.2 Å². The Hall–Kier alpha value is -1.04. The van der Waals surface area contributed by atoms with Crippen molar-refractivity contribution in [2.24, 2.45) is 0 Å². The average molecular weight is 293 g/mol. The van der Waals surface area contributed by atoms with Crippen molar-refractivity contribution in [2.45, 2.75) is 17.9 Å². The summed E-state index contributed by atoms with van der Waals surface area (Å²) in [6.45, 7) is 5.95. The Bertz CT molecular complexity index is 441. The number of benzene rings is 1. The van der Waals surface area contributed by atoms with Crippen LogP contribution in [0, 0.1) is 0 Å². The third-order valence-corrected chi connectivity index (χ3v) is 4.57. The molecule has 1 fully saturated rings. The van der Waals surface area contributed by atoms with Gasteiger partial charge in [-0.05, 0) is 44.5 Å². The first-order valence-corrected chi connectivity index (χ1v) is 8.20. The van der Waals surface area contributed by atoms with E-state index in [1.54, 1.807) is 11.8 Å². The van der Waals surface area contributed by atoms with E-state index in [9.17, 15) is 4.79 Å². The first-order chi connectivity index (χ1) is 9.60. The summed E-state index contributed by atoms with van der Waals surface area (Å²) >= 11 is 1.70. The summed E-state index contributed by atoms with van der Waals surface area (Å²) in [6.07, 6.45) is 2.04. The number of piperazine rings is 1. The number of nitrogens with zero attached hydrogens (tertiary/aromatic N) is 2. The van der Waals surface area contributed by atoms with Crippen LogP contribution in [0.25, 0.3) is 0 Å². The summed E-state index contributed by atoms with van der Waals surface area (Å²) in [6, 6.07) is 7.89.